The quantitative estimate of drug-likeness (QED) is 0.315. The number of ether oxygens (including phenoxy) is 1. The molecule has 1 aliphatic carbocycles. The third-order valence-electron chi connectivity index (χ3n) is 5.01. The number of rotatable bonds is 12. The van der Waals surface area contributed by atoms with Gasteiger partial charge >= 0.3 is 0 Å². The molecule has 1 heterocycles. The minimum absolute atomic E-state index is 0.0986. The van der Waals surface area contributed by atoms with Crippen LogP contribution in [0.15, 0.2) is 41.3 Å². The summed E-state index contributed by atoms with van der Waals surface area (Å²) in [5.41, 5.74) is 7.61. The van der Waals surface area contributed by atoms with E-state index in [-0.39, 0.29) is 16.9 Å². The fourth-order valence-corrected chi connectivity index (χ4v) is 2.96. The summed E-state index contributed by atoms with van der Waals surface area (Å²) in [7, 11) is 0. The lowest BCUT2D eigenvalue weighted by Gasteiger charge is -2.27. The normalized spacial score (nSPS) is 13.9. The predicted molar refractivity (Wildman–Crippen MR) is 115 cm³/mol. The van der Waals surface area contributed by atoms with Crippen LogP contribution in [0, 0.1) is 11.7 Å². The molecule has 0 unspecified atom stereocenters. The SMILES string of the molecule is CC(C)(CCCCNc1ccc[nH]c1=O)NNc1ccc(F)c(OCC2CC2)c1. The van der Waals surface area contributed by atoms with E-state index in [4.69, 9.17) is 4.74 Å². The molecule has 2 aromatic rings. The second-order valence-corrected chi connectivity index (χ2v) is 8.33. The van der Waals surface area contributed by atoms with E-state index >= 15 is 0 Å². The molecule has 1 saturated carbocycles. The van der Waals surface area contributed by atoms with Crippen LogP contribution in [-0.2, 0) is 0 Å². The number of hydrazine groups is 1. The van der Waals surface area contributed by atoms with E-state index in [1.54, 1.807) is 30.5 Å². The van der Waals surface area contributed by atoms with Crippen LogP contribution >= 0.6 is 0 Å². The van der Waals surface area contributed by atoms with E-state index in [1.165, 1.54) is 18.9 Å². The minimum atomic E-state index is -0.333. The molecule has 3 rings (SSSR count). The van der Waals surface area contributed by atoms with E-state index < -0.39 is 0 Å². The molecular weight excluding hydrogens is 371 g/mol. The number of unbranched alkanes of at least 4 members (excludes halogenated alkanes) is 1. The van der Waals surface area contributed by atoms with Crippen LogP contribution in [-0.4, -0.2) is 23.7 Å². The van der Waals surface area contributed by atoms with Gasteiger partial charge in [0.2, 0.25) is 0 Å². The zero-order valence-corrected chi connectivity index (χ0v) is 17.2. The highest BCUT2D eigenvalue weighted by molar-refractivity contribution is 5.48. The van der Waals surface area contributed by atoms with Crippen LogP contribution < -0.4 is 26.5 Å². The topological polar surface area (TPSA) is 78.2 Å². The monoisotopic (exact) mass is 402 g/mol. The molecule has 0 spiro atoms. The van der Waals surface area contributed by atoms with Crippen LogP contribution in [0.5, 0.6) is 5.75 Å². The van der Waals surface area contributed by atoms with Crippen LogP contribution in [0.3, 0.4) is 0 Å². The average Bonchev–Trinajstić information content (AvgIpc) is 3.52. The van der Waals surface area contributed by atoms with Crippen LogP contribution in [0.1, 0.15) is 46.0 Å². The van der Waals surface area contributed by atoms with Gasteiger partial charge in [-0.15, -0.1) is 0 Å². The number of hydrogen-bond acceptors (Lipinski definition) is 5. The first-order valence-electron chi connectivity index (χ1n) is 10.3. The van der Waals surface area contributed by atoms with E-state index in [2.05, 4.69) is 35.0 Å². The maximum atomic E-state index is 13.9. The third kappa shape index (κ3) is 7.09. The number of halogens is 1. The summed E-state index contributed by atoms with van der Waals surface area (Å²) < 4.78 is 19.5. The fourth-order valence-electron chi connectivity index (χ4n) is 2.96. The Morgan fingerprint density at radius 2 is 2.07 bits per heavy atom. The number of aromatic amines is 1. The lowest BCUT2D eigenvalue weighted by atomic mass is 9.98. The highest BCUT2D eigenvalue weighted by Crippen LogP contribution is 2.31. The molecule has 4 N–H and O–H groups in total. The smallest absolute Gasteiger partial charge is 0.271 e. The maximum Gasteiger partial charge on any atom is 0.271 e. The van der Waals surface area contributed by atoms with Crippen molar-refractivity contribution in [2.45, 2.75) is 51.5 Å². The van der Waals surface area contributed by atoms with E-state index in [0.717, 1.165) is 31.5 Å². The van der Waals surface area contributed by atoms with E-state index in [9.17, 15) is 9.18 Å². The van der Waals surface area contributed by atoms with Gasteiger partial charge in [0.15, 0.2) is 11.6 Å². The minimum Gasteiger partial charge on any atom is -0.490 e. The molecule has 0 atom stereocenters. The van der Waals surface area contributed by atoms with E-state index in [1.807, 2.05) is 0 Å². The van der Waals surface area contributed by atoms with Crippen molar-refractivity contribution >= 4 is 11.4 Å². The predicted octanol–water partition coefficient (Wildman–Crippen LogP) is 4.28. The molecule has 0 saturated heterocycles. The Hall–Kier alpha value is -2.54. The Labute approximate surface area is 171 Å². The van der Waals surface area contributed by atoms with Gasteiger partial charge in [0, 0.05) is 24.3 Å². The molecule has 158 valence electrons. The summed E-state index contributed by atoms with van der Waals surface area (Å²) in [4.78, 5) is 14.3. The number of pyridine rings is 1. The Kier molecular flexibility index (Phi) is 7.14. The molecule has 0 amide bonds. The van der Waals surface area contributed by atoms with Gasteiger partial charge in [-0.3, -0.25) is 4.79 Å². The van der Waals surface area contributed by atoms with Crippen molar-refractivity contribution in [1.82, 2.24) is 10.4 Å². The first kappa shape index (κ1) is 21.2. The molecule has 1 aromatic heterocycles. The molecule has 0 aliphatic heterocycles. The maximum absolute atomic E-state index is 13.9. The lowest BCUT2D eigenvalue weighted by Crippen LogP contribution is -2.43. The zero-order chi connectivity index (χ0) is 20.7. The fraction of sp³-hybridized carbons (Fsp3) is 0.500. The highest BCUT2D eigenvalue weighted by atomic mass is 19.1. The summed E-state index contributed by atoms with van der Waals surface area (Å²) in [5, 5.41) is 3.16. The number of benzene rings is 1. The van der Waals surface area contributed by atoms with Crippen LogP contribution in [0.25, 0.3) is 0 Å². The Morgan fingerprint density at radius 1 is 1.24 bits per heavy atom. The molecule has 1 fully saturated rings. The number of H-pyrrole nitrogens is 1. The molecule has 0 bridgehead atoms. The van der Waals surface area contributed by atoms with Gasteiger partial charge in [-0.2, -0.15) is 0 Å². The standard InChI is InChI=1S/C22H31FN4O2/c1-22(2,11-3-4-12-24-19-6-5-13-25-21(19)28)27-26-17-9-10-18(23)20(14-17)29-15-16-7-8-16/h5-6,9-10,13-14,16,24,26-27H,3-4,7-8,11-12,15H2,1-2H3,(H,25,28). The molecule has 0 radical (unpaired) electrons. The summed E-state index contributed by atoms with van der Waals surface area (Å²) in [6.45, 7) is 5.56. The van der Waals surface area contributed by atoms with Crippen molar-refractivity contribution in [3.63, 3.8) is 0 Å². The van der Waals surface area contributed by atoms with Crippen molar-refractivity contribution < 1.29 is 9.13 Å². The van der Waals surface area contributed by atoms with Crippen LogP contribution in [0.2, 0.25) is 0 Å². The molecule has 29 heavy (non-hydrogen) atoms. The van der Waals surface area contributed by atoms with Gasteiger partial charge in [0.05, 0.1) is 12.3 Å². The van der Waals surface area contributed by atoms with Crippen molar-refractivity contribution in [1.29, 1.82) is 0 Å². The molecule has 1 aliphatic rings. The van der Waals surface area contributed by atoms with Gasteiger partial charge in [-0.25, -0.2) is 9.82 Å². The van der Waals surface area contributed by atoms with Gasteiger partial charge in [0.25, 0.3) is 5.56 Å². The van der Waals surface area contributed by atoms with E-state index in [0.29, 0.717) is 24.0 Å². The van der Waals surface area contributed by atoms with Gasteiger partial charge in [0.1, 0.15) is 5.69 Å². The van der Waals surface area contributed by atoms with Crippen LogP contribution in [0.4, 0.5) is 15.8 Å². The first-order valence-corrected chi connectivity index (χ1v) is 10.3. The zero-order valence-electron chi connectivity index (χ0n) is 17.2. The molecule has 1 aromatic carbocycles. The summed E-state index contributed by atoms with van der Waals surface area (Å²) >= 11 is 0. The Balaban J connectivity index is 1.38. The summed E-state index contributed by atoms with van der Waals surface area (Å²) in [5.74, 6) is 0.543. The summed E-state index contributed by atoms with van der Waals surface area (Å²) in [6, 6.07) is 8.40. The van der Waals surface area contributed by atoms with Crippen molar-refractivity contribution in [2.75, 3.05) is 23.9 Å². The molecular formula is C22H31FN4O2. The number of aromatic nitrogens is 1. The summed E-state index contributed by atoms with van der Waals surface area (Å²) in [6.07, 6.45) is 6.87. The number of anilines is 2. The molecule has 6 nitrogen and oxygen atoms in total. The second kappa shape index (κ2) is 9.78. The number of nitrogens with one attached hydrogen (secondary N) is 4. The van der Waals surface area contributed by atoms with Gasteiger partial charge < -0.3 is 20.5 Å². The van der Waals surface area contributed by atoms with Crippen molar-refractivity contribution in [3.05, 3.63) is 52.7 Å². The Morgan fingerprint density at radius 3 is 2.83 bits per heavy atom. The molecule has 7 heteroatoms. The first-order chi connectivity index (χ1) is 13.9. The highest BCUT2D eigenvalue weighted by Gasteiger charge is 2.22. The second-order valence-electron chi connectivity index (χ2n) is 8.33. The van der Waals surface area contributed by atoms with Gasteiger partial charge in [-0.1, -0.05) is 0 Å². The Bertz CT molecular complexity index is 849. The van der Waals surface area contributed by atoms with Crippen molar-refractivity contribution in [3.8, 4) is 5.75 Å². The third-order valence-corrected chi connectivity index (χ3v) is 5.01. The lowest BCUT2D eigenvalue weighted by molar-refractivity contribution is 0.285. The average molecular weight is 403 g/mol. The largest absolute Gasteiger partial charge is 0.490 e. The van der Waals surface area contributed by atoms with Crippen molar-refractivity contribution in [2.24, 2.45) is 5.92 Å². The van der Waals surface area contributed by atoms with Gasteiger partial charge in [-0.05, 0) is 76.1 Å². The number of hydrogen-bond donors (Lipinski definition) is 4.